The minimum Gasteiger partial charge on any atom is -0.258 e. The zero-order valence-corrected chi connectivity index (χ0v) is 11.7. The minimum absolute atomic E-state index is 0.184. The lowest BCUT2D eigenvalue weighted by Crippen LogP contribution is -2.16. The first-order valence-corrected chi connectivity index (χ1v) is 7.43. The third-order valence-corrected chi connectivity index (χ3v) is 4.92. The third kappa shape index (κ3) is 3.54. The van der Waals surface area contributed by atoms with Crippen LogP contribution in [0.1, 0.15) is 6.92 Å². The van der Waals surface area contributed by atoms with Gasteiger partial charge in [-0.3, -0.25) is 10.1 Å². The normalized spacial score (nSPS) is 13.3. The van der Waals surface area contributed by atoms with E-state index in [4.69, 9.17) is 23.2 Å². The molecule has 1 aromatic rings. The number of nitro groups is 1. The number of hydrogen-bond acceptors (Lipinski definition) is 5. The van der Waals surface area contributed by atoms with E-state index in [0.717, 1.165) is 12.3 Å². The van der Waals surface area contributed by atoms with Gasteiger partial charge in [-0.15, -0.1) is 11.6 Å². The van der Waals surface area contributed by atoms with Gasteiger partial charge < -0.3 is 0 Å². The molecule has 0 radical (unpaired) electrons. The molecule has 100 valence electrons. The molecule has 0 saturated heterocycles. The van der Waals surface area contributed by atoms with Crippen molar-refractivity contribution in [3.63, 3.8) is 0 Å². The predicted octanol–water partition coefficient (Wildman–Crippen LogP) is 2.29. The highest BCUT2D eigenvalue weighted by Gasteiger charge is 2.24. The van der Waals surface area contributed by atoms with Crippen LogP contribution in [0.5, 0.6) is 0 Å². The molecule has 6 nitrogen and oxygen atoms in total. The molecule has 0 N–H and O–H groups in total. The lowest BCUT2D eigenvalue weighted by molar-refractivity contribution is -0.385. The van der Waals surface area contributed by atoms with Crippen molar-refractivity contribution in [2.24, 2.45) is 5.92 Å². The molecular weight excluding hydrogens is 303 g/mol. The second kappa shape index (κ2) is 5.81. The highest BCUT2D eigenvalue weighted by atomic mass is 35.5. The maximum Gasteiger partial charge on any atom is 0.289 e. The summed E-state index contributed by atoms with van der Waals surface area (Å²) in [6.45, 7) is 1.67. The largest absolute Gasteiger partial charge is 0.289 e. The second-order valence-corrected chi connectivity index (χ2v) is 6.44. The summed E-state index contributed by atoms with van der Waals surface area (Å²) in [5.41, 5.74) is -0.357. The molecule has 9 heteroatoms. The maximum absolute atomic E-state index is 11.9. The summed E-state index contributed by atoms with van der Waals surface area (Å²) in [5, 5.41) is 9.87. The third-order valence-electron chi connectivity index (χ3n) is 2.07. The van der Waals surface area contributed by atoms with Crippen LogP contribution in [0.2, 0.25) is 5.02 Å². The Morgan fingerprint density at radius 3 is 2.61 bits per heavy atom. The summed E-state index contributed by atoms with van der Waals surface area (Å²) in [7, 11) is -3.69. The molecule has 0 spiro atoms. The smallest absolute Gasteiger partial charge is 0.258 e. The van der Waals surface area contributed by atoms with Gasteiger partial charge in [0.15, 0.2) is 14.9 Å². The van der Waals surface area contributed by atoms with E-state index < -0.39 is 14.8 Å². The first-order chi connectivity index (χ1) is 8.27. The summed E-state index contributed by atoms with van der Waals surface area (Å²) in [6, 6.07) is 0.965. The fourth-order valence-electron chi connectivity index (χ4n) is 1.24. The highest BCUT2D eigenvalue weighted by molar-refractivity contribution is 7.91. The summed E-state index contributed by atoms with van der Waals surface area (Å²) in [5.74, 6) is -0.282. The van der Waals surface area contributed by atoms with Crippen LogP contribution in [0.25, 0.3) is 0 Å². The van der Waals surface area contributed by atoms with E-state index in [1.807, 2.05) is 0 Å². The molecule has 0 aromatic carbocycles. The highest BCUT2D eigenvalue weighted by Crippen LogP contribution is 2.25. The molecule has 1 unspecified atom stereocenters. The van der Waals surface area contributed by atoms with Crippen molar-refractivity contribution in [1.29, 1.82) is 0 Å². The topological polar surface area (TPSA) is 90.2 Å². The van der Waals surface area contributed by atoms with E-state index >= 15 is 0 Å². The molecule has 0 saturated carbocycles. The molecule has 1 heterocycles. The van der Waals surface area contributed by atoms with E-state index in [1.54, 1.807) is 6.92 Å². The molecule has 0 amide bonds. The number of alkyl halides is 1. The molecule has 0 bridgehead atoms. The molecule has 0 fully saturated rings. The average Bonchev–Trinajstić information content (AvgIpc) is 2.27. The number of hydrogen-bond donors (Lipinski definition) is 0. The standard InChI is InChI=1S/C9H10Cl2N2O4S/c1-6(3-10)5-18(16,17)9-8(11)2-7(4-12-9)13(14)15/h2,4,6H,3,5H2,1H3. The Morgan fingerprint density at radius 1 is 1.56 bits per heavy atom. The number of nitrogens with zero attached hydrogens (tertiary/aromatic N) is 2. The maximum atomic E-state index is 11.9. The lowest BCUT2D eigenvalue weighted by atomic mass is 10.3. The van der Waals surface area contributed by atoms with Crippen molar-refractivity contribution in [2.75, 3.05) is 11.6 Å². The van der Waals surface area contributed by atoms with Crippen LogP contribution < -0.4 is 0 Å². The van der Waals surface area contributed by atoms with Gasteiger partial charge in [-0.2, -0.15) is 0 Å². The molecule has 0 aliphatic carbocycles. The molecule has 1 atom stereocenters. The van der Waals surface area contributed by atoms with E-state index in [2.05, 4.69) is 4.98 Å². The van der Waals surface area contributed by atoms with Crippen LogP contribution in [0, 0.1) is 16.0 Å². The van der Waals surface area contributed by atoms with Crippen molar-refractivity contribution in [3.05, 3.63) is 27.4 Å². The Labute approximate surface area is 114 Å². The van der Waals surface area contributed by atoms with Gasteiger partial charge in [0.1, 0.15) is 6.20 Å². The van der Waals surface area contributed by atoms with Gasteiger partial charge >= 0.3 is 0 Å². The fourth-order valence-corrected chi connectivity index (χ4v) is 3.59. The van der Waals surface area contributed by atoms with Crippen LogP contribution >= 0.6 is 23.2 Å². The van der Waals surface area contributed by atoms with Crippen molar-refractivity contribution in [2.45, 2.75) is 11.9 Å². The van der Waals surface area contributed by atoms with Gasteiger partial charge in [-0.25, -0.2) is 13.4 Å². The van der Waals surface area contributed by atoms with E-state index in [-0.39, 0.29) is 33.3 Å². The first-order valence-electron chi connectivity index (χ1n) is 4.86. The quantitative estimate of drug-likeness (QED) is 0.472. The van der Waals surface area contributed by atoms with Crippen LogP contribution in [0.15, 0.2) is 17.3 Å². The van der Waals surface area contributed by atoms with Crippen LogP contribution in [-0.4, -0.2) is 30.0 Å². The predicted molar refractivity (Wildman–Crippen MR) is 67.8 cm³/mol. The Kier molecular flexibility index (Phi) is 4.89. The Bertz CT molecular complexity index is 562. The van der Waals surface area contributed by atoms with Gasteiger partial charge in [0.05, 0.1) is 15.7 Å². The summed E-state index contributed by atoms with van der Waals surface area (Å²) in [6.07, 6.45) is 0.865. The van der Waals surface area contributed by atoms with Crippen molar-refractivity contribution < 1.29 is 13.3 Å². The lowest BCUT2D eigenvalue weighted by Gasteiger charge is -2.08. The first kappa shape index (κ1) is 15.1. The van der Waals surface area contributed by atoms with Gasteiger partial charge in [0.2, 0.25) is 0 Å². The summed E-state index contributed by atoms with van der Waals surface area (Å²) in [4.78, 5) is 13.3. The summed E-state index contributed by atoms with van der Waals surface area (Å²) < 4.78 is 23.9. The molecule has 0 aliphatic rings. The van der Waals surface area contributed by atoms with E-state index in [0.29, 0.717) is 0 Å². The van der Waals surface area contributed by atoms with Gasteiger partial charge in [-0.1, -0.05) is 18.5 Å². The molecule has 0 aliphatic heterocycles. The van der Waals surface area contributed by atoms with Gasteiger partial charge in [0.25, 0.3) is 5.69 Å². The van der Waals surface area contributed by atoms with Crippen molar-refractivity contribution >= 4 is 38.7 Å². The van der Waals surface area contributed by atoms with Gasteiger partial charge in [-0.05, 0) is 5.92 Å². The average molecular weight is 313 g/mol. The minimum atomic E-state index is -3.69. The van der Waals surface area contributed by atoms with Crippen LogP contribution in [0.3, 0.4) is 0 Å². The summed E-state index contributed by atoms with van der Waals surface area (Å²) >= 11 is 11.3. The van der Waals surface area contributed by atoms with Crippen molar-refractivity contribution in [1.82, 2.24) is 4.98 Å². The molecule has 1 rings (SSSR count). The van der Waals surface area contributed by atoms with Crippen LogP contribution in [-0.2, 0) is 9.84 Å². The fraction of sp³-hybridized carbons (Fsp3) is 0.444. The number of halogens is 2. The van der Waals surface area contributed by atoms with E-state index in [9.17, 15) is 18.5 Å². The van der Waals surface area contributed by atoms with Crippen LogP contribution in [0.4, 0.5) is 5.69 Å². The number of sulfone groups is 1. The number of aromatic nitrogens is 1. The Hall–Kier alpha value is -0.920. The SMILES string of the molecule is CC(CCl)CS(=O)(=O)c1ncc([N+](=O)[O-])cc1Cl. The number of rotatable bonds is 5. The van der Waals surface area contributed by atoms with Gasteiger partial charge in [0, 0.05) is 11.9 Å². The molecule has 1 aromatic heterocycles. The molecule has 18 heavy (non-hydrogen) atoms. The Balaban J connectivity index is 3.14. The second-order valence-electron chi connectivity index (χ2n) is 3.78. The number of pyridine rings is 1. The molecular formula is C9H10Cl2N2O4S. The monoisotopic (exact) mass is 312 g/mol. The zero-order valence-electron chi connectivity index (χ0n) is 9.34. The van der Waals surface area contributed by atoms with Crippen molar-refractivity contribution in [3.8, 4) is 0 Å². The Morgan fingerprint density at radius 2 is 2.17 bits per heavy atom. The zero-order chi connectivity index (χ0) is 13.9. The van der Waals surface area contributed by atoms with E-state index in [1.165, 1.54) is 0 Å².